The largest absolute Gasteiger partial charge is 0.456 e. The molecular weight excluding hydrogens is 456 g/mol. The van der Waals surface area contributed by atoms with E-state index in [-0.39, 0.29) is 0 Å². The molecule has 0 unspecified atom stereocenters. The number of fused-ring (bicyclic) bond motifs is 1. The topological polar surface area (TPSA) is 134 Å². The summed E-state index contributed by atoms with van der Waals surface area (Å²) in [5.74, 6) is -2.85. The van der Waals surface area contributed by atoms with Gasteiger partial charge in [0.25, 0.3) is 0 Å². The second kappa shape index (κ2) is 10.4. The lowest BCUT2D eigenvalue weighted by Gasteiger charge is -2.46. The number of methoxy groups -OCH3 is 1. The Hall–Kier alpha value is -1.83. The van der Waals surface area contributed by atoms with Crippen LogP contribution in [-0.2, 0) is 57.0 Å². The third kappa shape index (κ3) is 5.86. The summed E-state index contributed by atoms with van der Waals surface area (Å²) in [6.45, 7) is 10.6. The molecule has 0 aliphatic carbocycles. The Morgan fingerprint density at radius 2 is 1.15 bits per heavy atom. The third-order valence-corrected chi connectivity index (χ3v) is 5.72. The second-order valence-corrected chi connectivity index (χ2v) is 9.04. The van der Waals surface area contributed by atoms with Gasteiger partial charge in [0.2, 0.25) is 0 Å². The van der Waals surface area contributed by atoms with Crippen LogP contribution in [0.1, 0.15) is 48.5 Å². The molecule has 0 N–H and O–H groups in total. The van der Waals surface area contributed by atoms with Crippen molar-refractivity contribution in [2.24, 2.45) is 0 Å². The van der Waals surface area contributed by atoms with Gasteiger partial charge in [-0.3, -0.25) is 14.4 Å². The first-order valence-electron chi connectivity index (χ1n) is 11.2. The summed E-state index contributed by atoms with van der Waals surface area (Å²) in [7, 11) is 1.51. The molecule has 3 aliphatic rings. The Balaban J connectivity index is 1.90. The second-order valence-electron chi connectivity index (χ2n) is 9.04. The summed E-state index contributed by atoms with van der Waals surface area (Å²) in [4.78, 5) is 35.5. The first kappa shape index (κ1) is 26.8. The van der Waals surface area contributed by atoms with Crippen LogP contribution in [0.5, 0.6) is 0 Å². The summed E-state index contributed by atoms with van der Waals surface area (Å²) in [6, 6.07) is 0. The van der Waals surface area contributed by atoms with Crippen LogP contribution in [0.2, 0.25) is 0 Å². The van der Waals surface area contributed by atoms with Crippen molar-refractivity contribution in [3.05, 3.63) is 0 Å². The van der Waals surface area contributed by atoms with Gasteiger partial charge in [-0.15, -0.1) is 0 Å². The van der Waals surface area contributed by atoms with Crippen molar-refractivity contribution in [3.63, 3.8) is 0 Å². The molecule has 3 heterocycles. The zero-order chi connectivity index (χ0) is 25.4. The molecule has 0 aromatic carbocycles. The van der Waals surface area contributed by atoms with Crippen molar-refractivity contribution in [2.45, 2.75) is 116 Å². The van der Waals surface area contributed by atoms with Crippen molar-refractivity contribution in [1.82, 2.24) is 0 Å². The normalized spacial score (nSPS) is 41.3. The molecule has 0 saturated carbocycles. The van der Waals surface area contributed by atoms with E-state index < -0.39 is 85.1 Å². The molecular formula is C22H34O12. The van der Waals surface area contributed by atoms with E-state index in [9.17, 15) is 14.4 Å². The van der Waals surface area contributed by atoms with Crippen LogP contribution in [0.15, 0.2) is 0 Å². The van der Waals surface area contributed by atoms with E-state index in [1.54, 1.807) is 27.7 Å². The van der Waals surface area contributed by atoms with Gasteiger partial charge in [-0.05, 0) is 27.7 Å². The van der Waals surface area contributed by atoms with Gasteiger partial charge in [0.15, 0.2) is 36.7 Å². The first-order chi connectivity index (χ1) is 15.8. The molecule has 0 aromatic heterocycles. The highest BCUT2D eigenvalue weighted by Gasteiger charge is 2.58. The standard InChI is InChI=1S/C22H34O12/c1-9-14(29-11(3)23)16(30-12(4)24)18(31-13(5)25)21(28-9)32-15-10(2)27-20(26-8)19-17(15)33-22(6,7)34-19/h9-10,14-21H,1-8H3/t9-,10+,14-,15+,16+,17+,18-,19+,20+,21+/m0/s1. The maximum Gasteiger partial charge on any atom is 0.303 e. The highest BCUT2D eigenvalue weighted by Crippen LogP contribution is 2.40. The molecule has 34 heavy (non-hydrogen) atoms. The average molecular weight is 491 g/mol. The van der Waals surface area contributed by atoms with E-state index in [0.29, 0.717) is 0 Å². The molecule has 3 saturated heterocycles. The van der Waals surface area contributed by atoms with E-state index >= 15 is 0 Å². The molecule has 0 amide bonds. The predicted molar refractivity (Wildman–Crippen MR) is 111 cm³/mol. The molecule has 0 bridgehead atoms. The minimum atomic E-state index is -1.23. The number of hydrogen-bond acceptors (Lipinski definition) is 12. The van der Waals surface area contributed by atoms with Gasteiger partial charge < -0.3 is 42.6 Å². The van der Waals surface area contributed by atoms with Gasteiger partial charge in [0, 0.05) is 27.9 Å². The highest BCUT2D eigenvalue weighted by atomic mass is 16.8. The molecule has 12 heteroatoms. The van der Waals surface area contributed by atoms with Crippen molar-refractivity contribution in [1.29, 1.82) is 0 Å². The van der Waals surface area contributed by atoms with Gasteiger partial charge in [-0.25, -0.2) is 0 Å². The van der Waals surface area contributed by atoms with E-state index in [2.05, 4.69) is 0 Å². The number of esters is 3. The van der Waals surface area contributed by atoms with Gasteiger partial charge in [0.05, 0.1) is 12.2 Å². The number of ether oxygens (including phenoxy) is 9. The Bertz CT molecular complexity index is 769. The summed E-state index contributed by atoms with van der Waals surface area (Å²) >= 11 is 0. The molecule has 12 nitrogen and oxygen atoms in total. The maximum absolute atomic E-state index is 11.9. The number of rotatable bonds is 6. The molecule has 10 atom stereocenters. The molecule has 3 aliphatic heterocycles. The van der Waals surface area contributed by atoms with E-state index in [1.165, 1.54) is 27.9 Å². The summed E-state index contributed by atoms with van der Waals surface area (Å²) in [5.41, 5.74) is 0. The molecule has 3 fully saturated rings. The van der Waals surface area contributed by atoms with E-state index in [0.717, 1.165) is 0 Å². The Labute approximate surface area is 198 Å². The monoisotopic (exact) mass is 490 g/mol. The quantitative estimate of drug-likeness (QED) is 0.385. The lowest BCUT2D eigenvalue weighted by Crippen LogP contribution is -2.64. The van der Waals surface area contributed by atoms with Crippen molar-refractivity contribution in [3.8, 4) is 0 Å². The fourth-order valence-corrected chi connectivity index (χ4v) is 4.53. The highest BCUT2D eigenvalue weighted by molar-refractivity contribution is 5.68. The summed E-state index contributed by atoms with van der Waals surface area (Å²) in [6.07, 6.45) is -8.51. The van der Waals surface area contributed by atoms with Crippen LogP contribution in [0.25, 0.3) is 0 Å². The van der Waals surface area contributed by atoms with Gasteiger partial charge in [-0.2, -0.15) is 0 Å². The van der Waals surface area contributed by atoms with Crippen LogP contribution in [0.3, 0.4) is 0 Å². The smallest absolute Gasteiger partial charge is 0.303 e. The molecule has 194 valence electrons. The number of hydrogen-bond donors (Lipinski definition) is 0. The van der Waals surface area contributed by atoms with Crippen molar-refractivity contribution >= 4 is 17.9 Å². The molecule has 0 aromatic rings. The average Bonchev–Trinajstić information content (AvgIpc) is 3.03. The minimum Gasteiger partial charge on any atom is -0.456 e. The molecule has 0 spiro atoms. The van der Waals surface area contributed by atoms with Crippen LogP contribution < -0.4 is 0 Å². The Kier molecular flexibility index (Phi) is 8.21. The van der Waals surface area contributed by atoms with E-state index in [4.69, 9.17) is 42.6 Å². The first-order valence-corrected chi connectivity index (χ1v) is 11.2. The minimum absolute atomic E-state index is 0.529. The maximum atomic E-state index is 11.9. The lowest BCUT2D eigenvalue weighted by atomic mass is 9.97. The van der Waals surface area contributed by atoms with Crippen LogP contribution in [-0.4, -0.2) is 92.2 Å². The Morgan fingerprint density at radius 1 is 0.676 bits per heavy atom. The molecule has 3 rings (SSSR count). The predicted octanol–water partition coefficient (Wildman–Crippen LogP) is 0.823. The van der Waals surface area contributed by atoms with Crippen molar-refractivity contribution < 1.29 is 57.0 Å². The Morgan fingerprint density at radius 3 is 1.71 bits per heavy atom. The third-order valence-electron chi connectivity index (χ3n) is 5.72. The summed E-state index contributed by atoms with van der Waals surface area (Å²) in [5, 5.41) is 0. The SMILES string of the molecule is CO[C@@H]1O[C@H](C)[C@@H](O[C@H]2O[C@@H](C)[C@H](OC(C)=O)[C@@H](OC(C)=O)[C@@H]2OC(C)=O)[C@H]2OC(C)(C)O[C@@H]12. The van der Waals surface area contributed by atoms with Gasteiger partial charge >= 0.3 is 17.9 Å². The summed E-state index contributed by atoms with van der Waals surface area (Å²) < 4.78 is 51.9. The van der Waals surface area contributed by atoms with Crippen LogP contribution in [0.4, 0.5) is 0 Å². The lowest BCUT2D eigenvalue weighted by molar-refractivity contribution is -0.342. The van der Waals surface area contributed by atoms with Crippen LogP contribution in [0, 0.1) is 0 Å². The molecule has 0 radical (unpaired) electrons. The number of carbonyl (C=O) groups excluding carboxylic acids is 3. The number of carbonyl (C=O) groups is 3. The van der Waals surface area contributed by atoms with E-state index in [1.807, 2.05) is 0 Å². The zero-order valence-corrected chi connectivity index (χ0v) is 20.7. The fourth-order valence-electron chi connectivity index (χ4n) is 4.53. The zero-order valence-electron chi connectivity index (χ0n) is 20.7. The van der Waals surface area contributed by atoms with Gasteiger partial charge in [0.1, 0.15) is 18.3 Å². The van der Waals surface area contributed by atoms with Crippen molar-refractivity contribution in [2.75, 3.05) is 7.11 Å². The fraction of sp³-hybridized carbons (Fsp3) is 0.864. The van der Waals surface area contributed by atoms with Gasteiger partial charge in [-0.1, -0.05) is 0 Å². The van der Waals surface area contributed by atoms with Crippen LogP contribution >= 0.6 is 0 Å².